The van der Waals surface area contributed by atoms with Crippen molar-refractivity contribution in [3.8, 4) is 11.5 Å². The van der Waals surface area contributed by atoms with Crippen LogP contribution in [0.25, 0.3) is 11.5 Å². The number of oxazole rings is 1. The Morgan fingerprint density at radius 1 is 1.17 bits per heavy atom. The number of benzene rings is 2. The van der Waals surface area contributed by atoms with Gasteiger partial charge in [0.1, 0.15) is 0 Å². The first-order valence-corrected chi connectivity index (χ1v) is 11.5. The summed E-state index contributed by atoms with van der Waals surface area (Å²) < 4.78 is 44.5. The Kier molecular flexibility index (Phi) is 5.99. The van der Waals surface area contributed by atoms with E-state index in [1.165, 1.54) is 12.1 Å². The van der Waals surface area contributed by atoms with Gasteiger partial charge in [0.15, 0.2) is 5.09 Å². The van der Waals surface area contributed by atoms with Crippen LogP contribution >= 0.6 is 10.0 Å². The first kappa shape index (κ1) is 22.0. The third-order valence-electron chi connectivity index (χ3n) is 4.97. The first-order chi connectivity index (χ1) is 14.0. The number of nitrogens with zero attached hydrogens (tertiary/aromatic N) is 1. The van der Waals surface area contributed by atoms with Crippen LogP contribution in [0.2, 0.25) is 0 Å². The largest absolute Gasteiger partial charge is 0.481 e. The Balaban J connectivity index is 2.01. The number of aromatic nitrogens is 1. The summed E-state index contributed by atoms with van der Waals surface area (Å²) in [6, 6.07) is 12.2. The van der Waals surface area contributed by atoms with E-state index in [1.54, 1.807) is 6.07 Å². The summed E-state index contributed by atoms with van der Waals surface area (Å²) in [7, 11) is -1.64. The number of carbonyl (C=O) groups is 1. The molecule has 1 heterocycles. The van der Waals surface area contributed by atoms with Crippen LogP contribution in [0.3, 0.4) is 0 Å². The fraction of sp³-hybridized carbons (Fsp3) is 0.273. The number of rotatable bonds is 6. The molecule has 1 unspecified atom stereocenters. The van der Waals surface area contributed by atoms with Gasteiger partial charge in [0.2, 0.25) is 5.89 Å². The zero-order valence-electron chi connectivity index (χ0n) is 16.8. The summed E-state index contributed by atoms with van der Waals surface area (Å²) >= 11 is 0. The van der Waals surface area contributed by atoms with Crippen LogP contribution in [0.1, 0.15) is 23.7 Å². The quantitative estimate of drug-likeness (QED) is 0.501. The van der Waals surface area contributed by atoms with E-state index in [0.717, 1.165) is 22.8 Å². The summed E-state index contributed by atoms with van der Waals surface area (Å²) in [4.78, 5) is 16.5. The molecule has 0 aliphatic heterocycles. The predicted molar refractivity (Wildman–Crippen MR) is 110 cm³/mol. The van der Waals surface area contributed by atoms with Gasteiger partial charge in [0.25, 0.3) is 0 Å². The lowest BCUT2D eigenvalue weighted by Gasteiger charge is -2.33. The van der Waals surface area contributed by atoms with Crippen molar-refractivity contribution in [1.29, 1.82) is 0 Å². The van der Waals surface area contributed by atoms with Crippen LogP contribution in [0.4, 0.5) is 13.2 Å². The normalized spacial score (nSPS) is 14.9. The number of hydrogen-bond acceptors (Lipinski definition) is 3. The first-order valence-electron chi connectivity index (χ1n) is 9.26. The molecule has 160 valence electrons. The Bertz CT molecular complexity index is 1060. The van der Waals surface area contributed by atoms with Crippen LogP contribution < -0.4 is 0 Å². The Morgan fingerprint density at radius 2 is 1.83 bits per heavy atom. The smallest absolute Gasteiger partial charge is 0.416 e. The van der Waals surface area contributed by atoms with Gasteiger partial charge in [-0.3, -0.25) is 4.79 Å². The molecule has 4 nitrogen and oxygen atoms in total. The molecule has 0 fully saturated rings. The molecule has 30 heavy (non-hydrogen) atoms. The van der Waals surface area contributed by atoms with E-state index >= 15 is 0 Å². The SMILES string of the molecule is CCS(C)(c1cccc(CC(=O)O)c1)c1oc(-c2ccc(C(F)(F)F)cc2)nc1C. The number of hydrogen-bond donors (Lipinski definition) is 1. The number of halogens is 3. The minimum Gasteiger partial charge on any atom is -0.481 e. The second-order valence-electron chi connectivity index (χ2n) is 7.06. The molecule has 0 spiro atoms. The van der Waals surface area contributed by atoms with Gasteiger partial charge in [-0.1, -0.05) is 19.1 Å². The molecule has 0 amide bonds. The highest BCUT2D eigenvalue weighted by Crippen LogP contribution is 2.61. The van der Waals surface area contributed by atoms with Gasteiger partial charge < -0.3 is 9.52 Å². The van der Waals surface area contributed by atoms with Crippen molar-refractivity contribution in [2.75, 3.05) is 12.0 Å². The molecule has 1 aromatic heterocycles. The minimum absolute atomic E-state index is 0.0702. The van der Waals surface area contributed by atoms with E-state index in [9.17, 15) is 18.0 Å². The molecule has 0 saturated carbocycles. The number of alkyl halides is 3. The summed E-state index contributed by atoms with van der Waals surface area (Å²) in [5.74, 6) is 0.109. The number of aliphatic carboxylic acids is 1. The Morgan fingerprint density at radius 3 is 2.40 bits per heavy atom. The third-order valence-corrected chi connectivity index (χ3v) is 8.62. The van der Waals surface area contributed by atoms with Crippen molar-refractivity contribution in [3.63, 3.8) is 0 Å². The van der Waals surface area contributed by atoms with Crippen LogP contribution in [0.5, 0.6) is 0 Å². The summed E-state index contributed by atoms with van der Waals surface area (Å²) in [6.45, 7) is 3.84. The number of carboxylic acid groups (broad SMARTS) is 1. The molecule has 0 saturated heterocycles. The molecule has 0 aliphatic carbocycles. The predicted octanol–water partition coefficient (Wildman–Crippen LogP) is 6.17. The minimum atomic E-state index is -4.40. The fourth-order valence-corrected chi connectivity index (χ4v) is 5.80. The molecule has 0 radical (unpaired) electrons. The second-order valence-corrected chi connectivity index (χ2v) is 10.7. The molecular weight excluding hydrogens is 415 g/mol. The summed E-state index contributed by atoms with van der Waals surface area (Å²) in [5, 5.41) is 9.77. The molecule has 2 aromatic carbocycles. The zero-order valence-corrected chi connectivity index (χ0v) is 17.6. The zero-order chi connectivity index (χ0) is 22.1. The van der Waals surface area contributed by atoms with Crippen LogP contribution in [0, 0.1) is 6.92 Å². The monoisotopic (exact) mass is 437 g/mol. The molecule has 3 aromatic rings. The third kappa shape index (κ3) is 4.38. The topological polar surface area (TPSA) is 63.3 Å². The lowest BCUT2D eigenvalue weighted by Crippen LogP contribution is -2.06. The average Bonchev–Trinajstić information content (AvgIpc) is 3.09. The maximum absolute atomic E-state index is 12.8. The van der Waals surface area contributed by atoms with Gasteiger partial charge in [-0.05, 0) is 65.8 Å². The van der Waals surface area contributed by atoms with Gasteiger partial charge in [0, 0.05) is 5.56 Å². The van der Waals surface area contributed by atoms with Gasteiger partial charge in [-0.15, -0.1) is 0 Å². The lowest BCUT2D eigenvalue weighted by molar-refractivity contribution is -0.138. The van der Waals surface area contributed by atoms with E-state index in [2.05, 4.69) is 11.2 Å². The number of aryl methyl sites for hydroxylation is 1. The molecular formula is C22H22F3NO3S. The van der Waals surface area contributed by atoms with E-state index in [-0.39, 0.29) is 12.3 Å². The summed E-state index contributed by atoms with van der Waals surface area (Å²) in [5.41, 5.74) is 1.11. The van der Waals surface area contributed by atoms with Crippen LogP contribution in [-0.2, 0) is 17.4 Å². The van der Waals surface area contributed by atoms with Crippen molar-refractivity contribution < 1.29 is 27.5 Å². The summed E-state index contributed by atoms with van der Waals surface area (Å²) in [6.07, 6.45) is -2.40. The maximum Gasteiger partial charge on any atom is 0.416 e. The van der Waals surface area contributed by atoms with Crippen molar-refractivity contribution >= 4 is 16.0 Å². The van der Waals surface area contributed by atoms with E-state index in [0.29, 0.717) is 21.9 Å². The van der Waals surface area contributed by atoms with Gasteiger partial charge in [-0.25, -0.2) is 4.98 Å². The van der Waals surface area contributed by atoms with Gasteiger partial charge in [-0.2, -0.15) is 23.2 Å². The van der Waals surface area contributed by atoms with Crippen molar-refractivity contribution in [2.45, 2.75) is 36.4 Å². The van der Waals surface area contributed by atoms with Crippen LogP contribution in [0.15, 0.2) is 62.9 Å². The average molecular weight is 437 g/mol. The second kappa shape index (κ2) is 8.18. The van der Waals surface area contributed by atoms with E-state index in [1.807, 2.05) is 32.0 Å². The Hall–Kier alpha value is -2.74. The highest BCUT2D eigenvalue weighted by Gasteiger charge is 2.31. The number of carboxylic acids is 1. The van der Waals surface area contributed by atoms with Gasteiger partial charge >= 0.3 is 12.1 Å². The molecule has 8 heteroatoms. The lowest BCUT2D eigenvalue weighted by atomic mass is 10.1. The molecule has 1 atom stereocenters. The van der Waals surface area contributed by atoms with Crippen molar-refractivity contribution in [2.24, 2.45) is 0 Å². The molecule has 3 rings (SSSR count). The van der Waals surface area contributed by atoms with Crippen molar-refractivity contribution in [3.05, 3.63) is 65.4 Å². The molecule has 1 N–H and O–H groups in total. The highest BCUT2D eigenvalue weighted by molar-refractivity contribution is 8.33. The van der Waals surface area contributed by atoms with E-state index < -0.39 is 27.7 Å². The Labute approximate surface area is 174 Å². The van der Waals surface area contributed by atoms with Crippen molar-refractivity contribution in [1.82, 2.24) is 4.98 Å². The fourth-order valence-electron chi connectivity index (χ4n) is 3.24. The van der Waals surface area contributed by atoms with E-state index in [4.69, 9.17) is 9.52 Å². The standard InChI is InChI=1S/C22H22F3NO3S/c1-4-30(3,18-7-5-6-15(12-18)13-19(27)28)21-14(2)26-20(29-21)16-8-10-17(11-9-16)22(23,24)25/h5-12H,4,13H2,1-3H3,(H,27,28). The maximum atomic E-state index is 12.8. The molecule has 0 aliphatic rings. The highest BCUT2D eigenvalue weighted by atomic mass is 32.3. The van der Waals surface area contributed by atoms with Crippen LogP contribution in [-0.4, -0.2) is 28.1 Å². The molecule has 0 bridgehead atoms. The van der Waals surface area contributed by atoms with Gasteiger partial charge in [0.05, 0.1) is 17.7 Å².